The molecule has 0 amide bonds. The average molecular weight is 280 g/mol. The quantitative estimate of drug-likeness (QED) is 0.869. The standard InChI is InChI=1S/C13H16N2O3S/c1-10-4-5-13(7-11(10)8-14)19(16,17)15-9-12-3-2-6-18-12/h2-7,15H,8-9,14H2,1H3. The van der Waals surface area contributed by atoms with E-state index in [1.165, 1.54) is 6.26 Å². The summed E-state index contributed by atoms with van der Waals surface area (Å²) in [5.41, 5.74) is 7.38. The summed E-state index contributed by atoms with van der Waals surface area (Å²) in [6.45, 7) is 2.34. The molecule has 0 saturated heterocycles. The first-order valence-electron chi connectivity index (χ1n) is 5.84. The second kappa shape index (κ2) is 5.56. The van der Waals surface area contributed by atoms with Gasteiger partial charge in [0.05, 0.1) is 17.7 Å². The van der Waals surface area contributed by atoms with Crippen molar-refractivity contribution >= 4 is 10.0 Å². The third kappa shape index (κ3) is 3.23. The van der Waals surface area contributed by atoms with Gasteiger partial charge in [0, 0.05) is 6.54 Å². The van der Waals surface area contributed by atoms with Crippen molar-refractivity contribution in [3.05, 3.63) is 53.5 Å². The van der Waals surface area contributed by atoms with Gasteiger partial charge in [0.25, 0.3) is 0 Å². The van der Waals surface area contributed by atoms with E-state index >= 15 is 0 Å². The molecule has 0 spiro atoms. The monoisotopic (exact) mass is 280 g/mol. The zero-order valence-corrected chi connectivity index (χ0v) is 11.4. The van der Waals surface area contributed by atoms with Crippen molar-refractivity contribution in [1.29, 1.82) is 0 Å². The Bertz CT molecular complexity index is 649. The maximum atomic E-state index is 12.1. The summed E-state index contributed by atoms with van der Waals surface area (Å²) in [5, 5.41) is 0. The topological polar surface area (TPSA) is 85.3 Å². The Morgan fingerprint density at radius 1 is 1.32 bits per heavy atom. The van der Waals surface area contributed by atoms with Gasteiger partial charge in [-0.05, 0) is 42.3 Å². The molecular weight excluding hydrogens is 264 g/mol. The lowest BCUT2D eigenvalue weighted by atomic mass is 10.1. The lowest BCUT2D eigenvalue weighted by molar-refractivity contribution is 0.498. The molecular formula is C13H16N2O3S. The lowest BCUT2D eigenvalue weighted by Gasteiger charge is -2.08. The molecule has 6 heteroatoms. The molecule has 0 atom stereocenters. The molecule has 0 aliphatic rings. The molecule has 1 heterocycles. The van der Waals surface area contributed by atoms with Crippen molar-refractivity contribution in [3.63, 3.8) is 0 Å². The summed E-state index contributed by atoms with van der Waals surface area (Å²) in [7, 11) is -3.55. The fourth-order valence-electron chi connectivity index (χ4n) is 1.70. The molecule has 0 unspecified atom stereocenters. The minimum atomic E-state index is -3.55. The van der Waals surface area contributed by atoms with E-state index in [9.17, 15) is 8.42 Å². The van der Waals surface area contributed by atoms with E-state index in [0.29, 0.717) is 12.3 Å². The molecule has 0 fully saturated rings. The number of nitrogens with two attached hydrogens (primary N) is 1. The fraction of sp³-hybridized carbons (Fsp3) is 0.231. The van der Waals surface area contributed by atoms with E-state index in [1.807, 2.05) is 6.92 Å². The summed E-state index contributed by atoms with van der Waals surface area (Å²) < 4.78 is 31.8. The Labute approximate surface area is 112 Å². The molecule has 0 bridgehead atoms. The summed E-state index contributed by atoms with van der Waals surface area (Å²) in [4.78, 5) is 0.213. The predicted octanol–water partition coefficient (Wildman–Crippen LogP) is 1.53. The number of nitrogens with one attached hydrogen (secondary N) is 1. The Morgan fingerprint density at radius 2 is 2.11 bits per heavy atom. The van der Waals surface area contributed by atoms with Crippen molar-refractivity contribution in [2.24, 2.45) is 5.73 Å². The van der Waals surface area contributed by atoms with Crippen molar-refractivity contribution in [3.8, 4) is 0 Å². The molecule has 0 saturated carbocycles. The highest BCUT2D eigenvalue weighted by Gasteiger charge is 2.15. The minimum Gasteiger partial charge on any atom is -0.468 e. The van der Waals surface area contributed by atoms with Gasteiger partial charge in [-0.25, -0.2) is 13.1 Å². The van der Waals surface area contributed by atoms with Gasteiger partial charge in [-0.3, -0.25) is 0 Å². The average Bonchev–Trinajstić information content (AvgIpc) is 2.90. The zero-order valence-electron chi connectivity index (χ0n) is 10.6. The van der Waals surface area contributed by atoms with Crippen LogP contribution in [0.2, 0.25) is 0 Å². The van der Waals surface area contributed by atoms with E-state index in [-0.39, 0.29) is 11.4 Å². The van der Waals surface area contributed by atoms with Crippen molar-refractivity contribution in [1.82, 2.24) is 4.72 Å². The first-order chi connectivity index (χ1) is 9.03. The van der Waals surface area contributed by atoms with Gasteiger partial charge in [-0.15, -0.1) is 0 Å². The highest BCUT2D eigenvalue weighted by molar-refractivity contribution is 7.89. The maximum absolute atomic E-state index is 12.1. The Kier molecular flexibility index (Phi) is 4.04. The SMILES string of the molecule is Cc1ccc(S(=O)(=O)NCc2ccco2)cc1CN. The largest absolute Gasteiger partial charge is 0.468 e. The number of benzene rings is 1. The van der Waals surface area contributed by atoms with Crippen LogP contribution >= 0.6 is 0 Å². The highest BCUT2D eigenvalue weighted by Crippen LogP contribution is 2.15. The molecule has 0 radical (unpaired) electrons. The first-order valence-corrected chi connectivity index (χ1v) is 7.33. The minimum absolute atomic E-state index is 0.126. The van der Waals surface area contributed by atoms with E-state index in [1.54, 1.807) is 30.3 Å². The third-order valence-corrected chi connectivity index (χ3v) is 4.27. The van der Waals surface area contributed by atoms with Crippen LogP contribution in [0.3, 0.4) is 0 Å². The Morgan fingerprint density at radius 3 is 2.74 bits per heavy atom. The Hall–Kier alpha value is -1.63. The number of hydrogen-bond acceptors (Lipinski definition) is 4. The van der Waals surface area contributed by atoms with Gasteiger partial charge in [0.15, 0.2) is 0 Å². The molecule has 2 rings (SSSR count). The van der Waals surface area contributed by atoms with Gasteiger partial charge < -0.3 is 10.2 Å². The molecule has 2 aromatic rings. The van der Waals surface area contributed by atoms with Gasteiger partial charge >= 0.3 is 0 Å². The second-order valence-electron chi connectivity index (χ2n) is 4.20. The first kappa shape index (κ1) is 13.8. The smallest absolute Gasteiger partial charge is 0.240 e. The number of aryl methyl sites for hydroxylation is 1. The molecule has 102 valence electrons. The molecule has 19 heavy (non-hydrogen) atoms. The molecule has 1 aromatic heterocycles. The summed E-state index contributed by atoms with van der Waals surface area (Å²) >= 11 is 0. The van der Waals surface area contributed by atoms with Gasteiger partial charge in [0.1, 0.15) is 5.76 Å². The number of furan rings is 1. The zero-order chi connectivity index (χ0) is 13.9. The van der Waals surface area contributed by atoms with Crippen LogP contribution in [0.1, 0.15) is 16.9 Å². The summed E-state index contributed by atoms with van der Waals surface area (Å²) in [5.74, 6) is 0.565. The predicted molar refractivity (Wildman–Crippen MR) is 71.8 cm³/mol. The molecule has 3 N–H and O–H groups in total. The number of sulfonamides is 1. The van der Waals surface area contributed by atoms with E-state index in [4.69, 9.17) is 10.2 Å². The fourth-order valence-corrected chi connectivity index (χ4v) is 2.74. The van der Waals surface area contributed by atoms with Crippen LogP contribution in [0.25, 0.3) is 0 Å². The number of rotatable bonds is 5. The summed E-state index contributed by atoms with van der Waals surface area (Å²) in [6.07, 6.45) is 1.50. The Balaban J connectivity index is 2.19. The van der Waals surface area contributed by atoms with Crippen molar-refractivity contribution < 1.29 is 12.8 Å². The van der Waals surface area contributed by atoms with Gasteiger partial charge in [0.2, 0.25) is 10.0 Å². The normalized spacial score (nSPS) is 11.7. The van der Waals surface area contributed by atoms with Crippen LogP contribution in [-0.2, 0) is 23.1 Å². The highest BCUT2D eigenvalue weighted by atomic mass is 32.2. The van der Waals surface area contributed by atoms with Crippen LogP contribution in [0.4, 0.5) is 0 Å². The van der Waals surface area contributed by atoms with Crippen molar-refractivity contribution in [2.75, 3.05) is 0 Å². The lowest BCUT2D eigenvalue weighted by Crippen LogP contribution is -2.23. The van der Waals surface area contributed by atoms with Gasteiger partial charge in [-0.2, -0.15) is 0 Å². The van der Waals surface area contributed by atoms with Crippen LogP contribution < -0.4 is 10.5 Å². The molecule has 5 nitrogen and oxygen atoms in total. The van der Waals surface area contributed by atoms with Crippen LogP contribution in [0, 0.1) is 6.92 Å². The molecule has 1 aromatic carbocycles. The maximum Gasteiger partial charge on any atom is 0.240 e. The van der Waals surface area contributed by atoms with E-state index in [0.717, 1.165) is 11.1 Å². The van der Waals surface area contributed by atoms with Crippen LogP contribution in [0.5, 0.6) is 0 Å². The van der Waals surface area contributed by atoms with Crippen molar-refractivity contribution in [2.45, 2.75) is 24.9 Å². The van der Waals surface area contributed by atoms with E-state index in [2.05, 4.69) is 4.72 Å². The van der Waals surface area contributed by atoms with E-state index < -0.39 is 10.0 Å². The van der Waals surface area contributed by atoms with Crippen LogP contribution in [0.15, 0.2) is 45.9 Å². The van der Waals surface area contributed by atoms with Gasteiger partial charge in [-0.1, -0.05) is 6.07 Å². The molecule has 0 aliphatic heterocycles. The molecule has 0 aliphatic carbocycles. The van der Waals surface area contributed by atoms with Crippen LogP contribution in [-0.4, -0.2) is 8.42 Å². The summed E-state index contributed by atoms with van der Waals surface area (Å²) in [6, 6.07) is 8.34. The second-order valence-corrected chi connectivity index (χ2v) is 5.96. The third-order valence-electron chi connectivity index (χ3n) is 2.87. The number of hydrogen-bond donors (Lipinski definition) is 2.